The molecule has 1 aliphatic heterocycles. The van der Waals surface area contributed by atoms with E-state index in [1.54, 1.807) is 11.8 Å². The van der Waals surface area contributed by atoms with E-state index >= 15 is 0 Å². The van der Waals surface area contributed by atoms with E-state index in [2.05, 4.69) is 22.9 Å². The zero-order valence-corrected chi connectivity index (χ0v) is 13.8. The highest BCUT2D eigenvalue weighted by Gasteiger charge is 2.23. The van der Waals surface area contributed by atoms with Crippen LogP contribution in [-0.2, 0) is 0 Å². The molecule has 1 fully saturated rings. The van der Waals surface area contributed by atoms with Crippen LogP contribution in [0.2, 0.25) is 0 Å². The number of hydrogen-bond acceptors (Lipinski definition) is 2. The van der Waals surface area contributed by atoms with Gasteiger partial charge in [-0.15, -0.1) is 0 Å². The van der Waals surface area contributed by atoms with Crippen molar-refractivity contribution in [1.29, 1.82) is 0 Å². The Bertz CT molecular complexity index is 446. The van der Waals surface area contributed by atoms with Gasteiger partial charge in [-0.3, -0.25) is 0 Å². The Hall–Kier alpha value is -1.09. The number of piperazine rings is 1. The van der Waals surface area contributed by atoms with Gasteiger partial charge in [0.1, 0.15) is 6.17 Å². The molecule has 2 aliphatic carbocycles. The first kappa shape index (κ1) is 15.8. The van der Waals surface area contributed by atoms with Crippen LogP contribution in [0, 0.1) is 11.8 Å². The van der Waals surface area contributed by atoms with Gasteiger partial charge in [-0.25, -0.2) is 4.39 Å². The van der Waals surface area contributed by atoms with Gasteiger partial charge >= 0.3 is 0 Å². The molecule has 0 N–H and O–H groups in total. The van der Waals surface area contributed by atoms with E-state index in [1.807, 2.05) is 18.2 Å². The molecule has 3 unspecified atom stereocenters. The number of alkyl halides is 1. The Morgan fingerprint density at radius 2 is 1.86 bits per heavy atom. The van der Waals surface area contributed by atoms with Gasteiger partial charge in [0.15, 0.2) is 0 Å². The van der Waals surface area contributed by atoms with Crippen molar-refractivity contribution in [2.45, 2.75) is 38.3 Å². The highest BCUT2D eigenvalue weighted by molar-refractivity contribution is 5.15. The third-order valence-electron chi connectivity index (χ3n) is 5.49. The summed E-state index contributed by atoms with van der Waals surface area (Å²) >= 11 is 0. The lowest BCUT2D eigenvalue weighted by Crippen LogP contribution is -2.44. The fraction of sp³-hybridized carbons (Fsp3) is 0.684. The highest BCUT2D eigenvalue weighted by atomic mass is 19.1. The first-order valence-electron chi connectivity index (χ1n) is 8.84. The second-order valence-electron chi connectivity index (χ2n) is 7.08. The van der Waals surface area contributed by atoms with Crippen molar-refractivity contribution < 1.29 is 4.39 Å². The lowest BCUT2D eigenvalue weighted by Gasteiger charge is -2.37. The summed E-state index contributed by atoms with van der Waals surface area (Å²) in [4.78, 5) is 4.98. The Balaban J connectivity index is 1.43. The van der Waals surface area contributed by atoms with Crippen LogP contribution < -0.4 is 0 Å². The predicted octanol–water partition coefficient (Wildman–Crippen LogP) is 3.78. The van der Waals surface area contributed by atoms with Crippen molar-refractivity contribution in [3.05, 3.63) is 36.1 Å². The maximum absolute atomic E-state index is 13.8. The smallest absolute Gasteiger partial charge is 0.125 e. The molecule has 0 spiro atoms. The summed E-state index contributed by atoms with van der Waals surface area (Å²) in [5.41, 5.74) is 1.56. The zero-order chi connectivity index (χ0) is 15.4. The first-order chi connectivity index (χ1) is 10.7. The minimum absolute atomic E-state index is 0.105. The maximum atomic E-state index is 13.8. The Kier molecular flexibility index (Phi) is 5.35. The van der Waals surface area contributed by atoms with E-state index in [1.165, 1.54) is 45.4 Å². The zero-order valence-electron chi connectivity index (χ0n) is 13.8. The van der Waals surface area contributed by atoms with Crippen molar-refractivity contribution in [1.82, 2.24) is 9.80 Å². The summed E-state index contributed by atoms with van der Waals surface area (Å²) in [6.07, 6.45) is 15.1. The number of likely N-dealkylation sites (N-methyl/N-ethyl adjacent to an activating group) is 1. The standard InChI is InChI=1S/C19H29FN2/c1-21-12-14-22(15-13-21)18-10-7-16(8-11-18)6-9-17-4-2-3-5-19(17)20/h2-5,10,16-17,19H,6-9,11-15H2,1H3. The molecule has 0 amide bonds. The summed E-state index contributed by atoms with van der Waals surface area (Å²) in [6, 6.07) is 0. The molecule has 3 heteroatoms. The fourth-order valence-electron chi connectivity index (χ4n) is 3.83. The topological polar surface area (TPSA) is 6.48 Å². The number of allylic oxidation sites excluding steroid dienone is 6. The monoisotopic (exact) mass is 304 g/mol. The van der Waals surface area contributed by atoms with Gasteiger partial charge in [-0.05, 0) is 45.1 Å². The summed E-state index contributed by atoms with van der Waals surface area (Å²) < 4.78 is 13.8. The highest BCUT2D eigenvalue weighted by Crippen LogP contribution is 2.32. The van der Waals surface area contributed by atoms with Crippen molar-refractivity contribution in [3.8, 4) is 0 Å². The summed E-state index contributed by atoms with van der Waals surface area (Å²) in [7, 11) is 2.20. The average molecular weight is 304 g/mol. The van der Waals surface area contributed by atoms with Crippen LogP contribution in [0.15, 0.2) is 36.1 Å². The molecule has 0 aromatic heterocycles. The molecular formula is C19H29FN2. The molecule has 1 saturated heterocycles. The molecule has 0 saturated carbocycles. The molecule has 2 nitrogen and oxygen atoms in total. The maximum Gasteiger partial charge on any atom is 0.125 e. The fourth-order valence-corrected chi connectivity index (χ4v) is 3.83. The number of rotatable bonds is 4. The van der Waals surface area contributed by atoms with Crippen LogP contribution in [0.5, 0.6) is 0 Å². The predicted molar refractivity (Wildman–Crippen MR) is 90.4 cm³/mol. The summed E-state index contributed by atoms with van der Waals surface area (Å²) in [6.45, 7) is 4.71. The lowest BCUT2D eigenvalue weighted by molar-refractivity contribution is 0.176. The minimum atomic E-state index is -0.773. The molecular weight excluding hydrogens is 275 g/mol. The quantitative estimate of drug-likeness (QED) is 0.780. The summed E-state index contributed by atoms with van der Waals surface area (Å²) in [5, 5.41) is 0. The van der Waals surface area contributed by atoms with Gasteiger partial charge in [-0.1, -0.05) is 30.4 Å². The largest absolute Gasteiger partial charge is 0.373 e. The Morgan fingerprint density at radius 3 is 2.55 bits per heavy atom. The molecule has 3 atom stereocenters. The van der Waals surface area contributed by atoms with Crippen LogP contribution in [0.1, 0.15) is 32.1 Å². The van der Waals surface area contributed by atoms with Crippen molar-refractivity contribution in [2.24, 2.45) is 11.8 Å². The molecule has 0 aromatic rings. The van der Waals surface area contributed by atoms with Gasteiger partial charge in [0, 0.05) is 37.8 Å². The van der Waals surface area contributed by atoms with Gasteiger partial charge in [-0.2, -0.15) is 0 Å². The second-order valence-corrected chi connectivity index (χ2v) is 7.08. The van der Waals surface area contributed by atoms with Crippen LogP contribution in [0.4, 0.5) is 4.39 Å². The summed E-state index contributed by atoms with van der Waals surface area (Å²) in [5.74, 6) is 0.857. The molecule has 0 bridgehead atoms. The normalized spacial score (nSPS) is 33.1. The van der Waals surface area contributed by atoms with Crippen LogP contribution >= 0.6 is 0 Å². The Labute approximate surface area is 134 Å². The second kappa shape index (κ2) is 7.45. The van der Waals surface area contributed by atoms with Gasteiger partial charge in [0.2, 0.25) is 0 Å². The molecule has 1 heterocycles. The third kappa shape index (κ3) is 4.01. The number of hydrogen-bond donors (Lipinski definition) is 0. The van der Waals surface area contributed by atoms with Crippen LogP contribution in [0.3, 0.4) is 0 Å². The molecule has 3 rings (SSSR count). The van der Waals surface area contributed by atoms with Crippen LogP contribution in [-0.4, -0.2) is 49.2 Å². The average Bonchev–Trinajstić information content (AvgIpc) is 2.55. The van der Waals surface area contributed by atoms with Crippen molar-refractivity contribution >= 4 is 0 Å². The van der Waals surface area contributed by atoms with E-state index in [0.29, 0.717) is 0 Å². The number of nitrogens with zero attached hydrogens (tertiary/aromatic N) is 2. The van der Waals surface area contributed by atoms with E-state index in [0.717, 1.165) is 18.8 Å². The third-order valence-corrected chi connectivity index (χ3v) is 5.49. The molecule has 3 aliphatic rings. The van der Waals surface area contributed by atoms with Crippen molar-refractivity contribution in [3.63, 3.8) is 0 Å². The molecule has 122 valence electrons. The van der Waals surface area contributed by atoms with Gasteiger partial charge in [0.25, 0.3) is 0 Å². The minimum Gasteiger partial charge on any atom is -0.373 e. The van der Waals surface area contributed by atoms with E-state index in [-0.39, 0.29) is 5.92 Å². The molecule has 0 aromatic carbocycles. The molecule has 22 heavy (non-hydrogen) atoms. The lowest BCUT2D eigenvalue weighted by atomic mass is 9.84. The van der Waals surface area contributed by atoms with Crippen LogP contribution in [0.25, 0.3) is 0 Å². The van der Waals surface area contributed by atoms with E-state index in [4.69, 9.17) is 0 Å². The van der Waals surface area contributed by atoms with E-state index in [9.17, 15) is 4.39 Å². The first-order valence-corrected chi connectivity index (χ1v) is 8.84. The SMILES string of the molecule is CN1CCN(C2=CCC(CCC3C=CC=CC3F)CC2)CC1. The number of halogens is 1. The molecule has 0 radical (unpaired) electrons. The van der Waals surface area contributed by atoms with Crippen molar-refractivity contribution in [2.75, 3.05) is 33.2 Å². The van der Waals surface area contributed by atoms with Gasteiger partial charge in [0.05, 0.1) is 0 Å². The van der Waals surface area contributed by atoms with Gasteiger partial charge < -0.3 is 9.80 Å². The Morgan fingerprint density at radius 1 is 1.09 bits per heavy atom. The van der Waals surface area contributed by atoms with E-state index < -0.39 is 6.17 Å².